The van der Waals surface area contributed by atoms with Gasteiger partial charge in [0.05, 0.1) is 15.9 Å². The van der Waals surface area contributed by atoms with Gasteiger partial charge in [-0.2, -0.15) is 0 Å². The van der Waals surface area contributed by atoms with E-state index >= 15 is 0 Å². The molecule has 17 heavy (non-hydrogen) atoms. The minimum absolute atomic E-state index is 0.276. The minimum atomic E-state index is -0.487. The van der Waals surface area contributed by atoms with E-state index in [2.05, 4.69) is 4.98 Å². The first-order valence-corrected chi connectivity index (χ1v) is 6.13. The lowest BCUT2D eigenvalue weighted by Crippen LogP contribution is -2.10. The summed E-state index contributed by atoms with van der Waals surface area (Å²) < 4.78 is 20.3. The Morgan fingerprint density at radius 2 is 2.35 bits per heavy atom. The summed E-state index contributed by atoms with van der Waals surface area (Å²) in [6.45, 7) is 3.70. The van der Waals surface area contributed by atoms with Crippen LogP contribution in [0.3, 0.4) is 0 Å². The van der Waals surface area contributed by atoms with E-state index in [9.17, 15) is 9.18 Å². The molecule has 90 valence electrons. The smallest absolute Gasteiger partial charge is 0.357 e. The molecule has 2 aromatic heterocycles. The van der Waals surface area contributed by atoms with Crippen LogP contribution < -0.4 is 0 Å². The van der Waals surface area contributed by atoms with Gasteiger partial charge in [0.2, 0.25) is 0 Å². The molecule has 0 aliphatic heterocycles. The average molecular weight is 348 g/mol. The van der Waals surface area contributed by atoms with Gasteiger partial charge in [0, 0.05) is 6.20 Å². The number of fused-ring (bicyclic) bond motifs is 1. The Morgan fingerprint density at radius 3 is 3.00 bits per heavy atom. The van der Waals surface area contributed by atoms with Gasteiger partial charge in [-0.3, -0.25) is 4.40 Å². The highest BCUT2D eigenvalue weighted by Crippen LogP contribution is 2.19. The zero-order valence-corrected chi connectivity index (χ0v) is 11.5. The van der Waals surface area contributed by atoms with Crippen molar-refractivity contribution in [2.45, 2.75) is 13.8 Å². The Bertz CT molecular complexity index is 595. The standard InChI is InChI=1S/C11H10FIN2O2/c1-3-17-11(16)9-6(2)14-10-8(13)4-7(12)5-15(9)10/h4-5H,3H2,1-2H3. The molecule has 0 saturated heterocycles. The number of halogens is 2. The molecule has 0 N–H and O–H groups in total. The number of aromatic nitrogens is 2. The molecule has 0 bridgehead atoms. The molecule has 2 aromatic rings. The predicted octanol–water partition coefficient (Wildman–Crippen LogP) is 2.56. The maximum Gasteiger partial charge on any atom is 0.357 e. The second kappa shape index (κ2) is 4.59. The van der Waals surface area contributed by atoms with Crippen molar-refractivity contribution in [2.75, 3.05) is 6.61 Å². The summed E-state index contributed by atoms with van der Waals surface area (Å²) in [5.74, 6) is -0.899. The van der Waals surface area contributed by atoms with Crippen LogP contribution in [0.5, 0.6) is 0 Å². The molecule has 0 spiro atoms. The van der Waals surface area contributed by atoms with Crippen molar-refractivity contribution in [3.63, 3.8) is 0 Å². The number of rotatable bonds is 2. The van der Waals surface area contributed by atoms with Gasteiger partial charge < -0.3 is 4.74 Å². The van der Waals surface area contributed by atoms with Crippen molar-refractivity contribution >= 4 is 34.2 Å². The van der Waals surface area contributed by atoms with E-state index in [1.165, 1.54) is 16.7 Å². The van der Waals surface area contributed by atoms with Gasteiger partial charge in [-0.05, 0) is 42.5 Å². The van der Waals surface area contributed by atoms with Crippen LogP contribution in [0.2, 0.25) is 0 Å². The van der Waals surface area contributed by atoms with E-state index in [1.807, 2.05) is 22.6 Å². The van der Waals surface area contributed by atoms with Crippen LogP contribution in [0, 0.1) is 16.3 Å². The van der Waals surface area contributed by atoms with Crippen LogP contribution in [-0.2, 0) is 4.74 Å². The maximum atomic E-state index is 13.3. The summed E-state index contributed by atoms with van der Waals surface area (Å²) in [6, 6.07) is 1.37. The fraction of sp³-hybridized carbons (Fsp3) is 0.273. The number of imidazole rings is 1. The zero-order valence-electron chi connectivity index (χ0n) is 9.33. The molecule has 6 heteroatoms. The third-order valence-corrected chi connectivity index (χ3v) is 3.08. The number of carbonyl (C=O) groups is 1. The lowest BCUT2D eigenvalue weighted by molar-refractivity contribution is 0.0517. The molecule has 0 aromatic carbocycles. The molecule has 0 unspecified atom stereocenters. The van der Waals surface area contributed by atoms with Crippen molar-refractivity contribution < 1.29 is 13.9 Å². The molecule has 0 aliphatic carbocycles. The third-order valence-electron chi connectivity index (χ3n) is 2.28. The first kappa shape index (κ1) is 12.3. The Hall–Kier alpha value is -1.18. The van der Waals surface area contributed by atoms with Gasteiger partial charge in [-0.15, -0.1) is 0 Å². The molecule has 0 atom stereocenters. The molecular weight excluding hydrogens is 338 g/mol. The molecule has 0 amide bonds. The normalized spacial score (nSPS) is 10.8. The van der Waals surface area contributed by atoms with Gasteiger partial charge in [0.25, 0.3) is 0 Å². The van der Waals surface area contributed by atoms with Gasteiger partial charge in [0.15, 0.2) is 11.3 Å². The SMILES string of the molecule is CCOC(=O)c1c(C)nc2c(I)cc(F)cn12. The average Bonchev–Trinajstić information content (AvgIpc) is 2.55. The fourth-order valence-electron chi connectivity index (χ4n) is 1.63. The highest BCUT2D eigenvalue weighted by Gasteiger charge is 2.19. The molecule has 0 fully saturated rings. The van der Waals surface area contributed by atoms with Crippen molar-refractivity contribution in [3.05, 3.63) is 33.0 Å². The number of ether oxygens (including phenoxy) is 1. The van der Waals surface area contributed by atoms with Crippen molar-refractivity contribution in [2.24, 2.45) is 0 Å². The van der Waals surface area contributed by atoms with E-state index in [4.69, 9.17) is 4.74 Å². The molecule has 4 nitrogen and oxygen atoms in total. The number of esters is 1. The van der Waals surface area contributed by atoms with Crippen LogP contribution in [0.25, 0.3) is 5.65 Å². The number of hydrogen-bond acceptors (Lipinski definition) is 3. The zero-order chi connectivity index (χ0) is 12.6. The third kappa shape index (κ3) is 2.13. The van der Waals surface area contributed by atoms with Crippen LogP contribution in [0.1, 0.15) is 23.1 Å². The summed E-state index contributed by atoms with van der Waals surface area (Å²) in [5.41, 5.74) is 1.37. The Balaban J connectivity index is 2.70. The van der Waals surface area contributed by atoms with Gasteiger partial charge in [0.1, 0.15) is 5.82 Å². The number of pyridine rings is 1. The Labute approximate surface area is 111 Å². The number of nitrogens with zero attached hydrogens (tertiary/aromatic N) is 2. The van der Waals surface area contributed by atoms with Crippen LogP contribution >= 0.6 is 22.6 Å². The number of aryl methyl sites for hydroxylation is 1. The summed E-state index contributed by atoms with van der Waals surface area (Å²) in [4.78, 5) is 16.0. The quantitative estimate of drug-likeness (QED) is 0.619. The molecule has 0 radical (unpaired) electrons. The molecule has 0 saturated carbocycles. The van der Waals surface area contributed by atoms with Gasteiger partial charge >= 0.3 is 5.97 Å². The van der Waals surface area contributed by atoms with E-state index in [1.54, 1.807) is 13.8 Å². The van der Waals surface area contributed by atoms with E-state index < -0.39 is 11.8 Å². The summed E-state index contributed by atoms with van der Waals surface area (Å²) in [5, 5.41) is 0. The summed E-state index contributed by atoms with van der Waals surface area (Å²) in [7, 11) is 0. The minimum Gasteiger partial charge on any atom is -0.461 e. The summed E-state index contributed by atoms with van der Waals surface area (Å²) in [6.07, 6.45) is 1.24. The molecule has 2 rings (SSSR count). The first-order chi connectivity index (χ1) is 8.04. The highest BCUT2D eigenvalue weighted by atomic mass is 127. The Kier molecular flexibility index (Phi) is 3.32. The van der Waals surface area contributed by atoms with Crippen LogP contribution in [0.4, 0.5) is 4.39 Å². The summed E-state index contributed by atoms with van der Waals surface area (Å²) >= 11 is 1.98. The van der Waals surface area contributed by atoms with Crippen LogP contribution in [-0.4, -0.2) is 22.0 Å². The number of carbonyl (C=O) groups excluding carboxylic acids is 1. The first-order valence-electron chi connectivity index (χ1n) is 5.05. The molecule has 2 heterocycles. The second-order valence-corrected chi connectivity index (χ2v) is 4.63. The predicted molar refractivity (Wildman–Crippen MR) is 68.6 cm³/mol. The molecule has 0 aliphatic rings. The largest absolute Gasteiger partial charge is 0.461 e. The van der Waals surface area contributed by atoms with Gasteiger partial charge in [-0.1, -0.05) is 0 Å². The van der Waals surface area contributed by atoms with Crippen molar-refractivity contribution in [1.29, 1.82) is 0 Å². The lowest BCUT2D eigenvalue weighted by atomic mass is 10.3. The Morgan fingerprint density at radius 1 is 1.65 bits per heavy atom. The maximum absolute atomic E-state index is 13.3. The highest BCUT2D eigenvalue weighted by molar-refractivity contribution is 14.1. The van der Waals surface area contributed by atoms with E-state index in [0.29, 0.717) is 14.9 Å². The van der Waals surface area contributed by atoms with Gasteiger partial charge in [-0.25, -0.2) is 14.2 Å². The number of hydrogen-bond donors (Lipinski definition) is 0. The van der Waals surface area contributed by atoms with E-state index in [0.717, 1.165) is 0 Å². The second-order valence-electron chi connectivity index (χ2n) is 3.47. The fourth-order valence-corrected chi connectivity index (χ4v) is 2.31. The van der Waals surface area contributed by atoms with Crippen molar-refractivity contribution in [1.82, 2.24) is 9.38 Å². The monoisotopic (exact) mass is 348 g/mol. The van der Waals surface area contributed by atoms with Crippen LogP contribution in [0.15, 0.2) is 12.3 Å². The van der Waals surface area contributed by atoms with Crippen molar-refractivity contribution in [3.8, 4) is 0 Å². The lowest BCUT2D eigenvalue weighted by Gasteiger charge is -2.03. The van der Waals surface area contributed by atoms with E-state index in [-0.39, 0.29) is 12.3 Å². The molecular formula is C11H10FIN2O2. The topological polar surface area (TPSA) is 43.6 Å².